The second kappa shape index (κ2) is 7.90. The Balaban J connectivity index is 1.76. The number of nitrogens with zero attached hydrogens (tertiary/aromatic N) is 2. The standard InChI is InChI=1S/C18H21N3O4S/c1-21-17(23)13-5-3-2-4-12(13)14(20-21)9-16(22)19-15(18(24)25)8-11-6-7-26-10-11/h2-5,11,15H,6-10H2,1H3,(H,19,22)(H,24,25). The van der Waals surface area contributed by atoms with Crippen LogP contribution in [0.5, 0.6) is 0 Å². The van der Waals surface area contributed by atoms with Crippen molar-refractivity contribution in [3.63, 3.8) is 0 Å². The Kier molecular flexibility index (Phi) is 5.61. The number of carbonyl (C=O) groups excluding carboxylic acids is 1. The van der Waals surface area contributed by atoms with E-state index < -0.39 is 17.9 Å². The van der Waals surface area contributed by atoms with Gasteiger partial charge < -0.3 is 10.4 Å². The smallest absolute Gasteiger partial charge is 0.326 e. The molecule has 0 radical (unpaired) electrons. The molecule has 8 heteroatoms. The number of rotatable bonds is 6. The van der Waals surface area contributed by atoms with Crippen LogP contribution in [0.25, 0.3) is 10.8 Å². The van der Waals surface area contributed by atoms with E-state index in [1.54, 1.807) is 24.3 Å². The molecule has 3 rings (SSSR count). The number of thioether (sulfide) groups is 1. The second-order valence-corrected chi connectivity index (χ2v) is 7.67. The predicted molar refractivity (Wildman–Crippen MR) is 100 cm³/mol. The first-order valence-electron chi connectivity index (χ1n) is 8.50. The fourth-order valence-corrected chi connectivity index (χ4v) is 4.53. The third-order valence-corrected chi connectivity index (χ3v) is 5.82. The molecule has 1 amide bonds. The summed E-state index contributed by atoms with van der Waals surface area (Å²) in [4.78, 5) is 36.1. The molecule has 0 bridgehead atoms. The Bertz CT molecular complexity index is 890. The molecule has 0 saturated carbocycles. The topological polar surface area (TPSA) is 101 Å². The molecular weight excluding hydrogens is 354 g/mol. The number of amides is 1. The summed E-state index contributed by atoms with van der Waals surface area (Å²) in [5.74, 6) is 0.872. The zero-order chi connectivity index (χ0) is 18.7. The molecule has 1 aliphatic rings. The molecule has 1 saturated heterocycles. The first-order chi connectivity index (χ1) is 12.5. The number of aliphatic carboxylic acids is 1. The van der Waals surface area contributed by atoms with E-state index in [9.17, 15) is 19.5 Å². The highest BCUT2D eigenvalue weighted by atomic mass is 32.2. The highest BCUT2D eigenvalue weighted by Crippen LogP contribution is 2.27. The number of carboxylic acid groups (broad SMARTS) is 1. The summed E-state index contributed by atoms with van der Waals surface area (Å²) < 4.78 is 1.20. The van der Waals surface area contributed by atoms with E-state index in [1.807, 2.05) is 11.8 Å². The van der Waals surface area contributed by atoms with Gasteiger partial charge in [0.2, 0.25) is 5.91 Å². The average molecular weight is 375 g/mol. The predicted octanol–water partition coefficient (Wildman–Crippen LogP) is 1.19. The van der Waals surface area contributed by atoms with Crippen LogP contribution in [0, 0.1) is 5.92 Å². The van der Waals surface area contributed by atoms with E-state index >= 15 is 0 Å². The van der Waals surface area contributed by atoms with Crippen molar-refractivity contribution in [3.8, 4) is 0 Å². The molecule has 2 aromatic rings. The number of fused-ring (bicyclic) bond motifs is 1. The average Bonchev–Trinajstić information content (AvgIpc) is 3.12. The van der Waals surface area contributed by atoms with Crippen LogP contribution < -0.4 is 10.9 Å². The lowest BCUT2D eigenvalue weighted by Crippen LogP contribution is -2.43. The van der Waals surface area contributed by atoms with Crippen LogP contribution in [0.4, 0.5) is 0 Å². The van der Waals surface area contributed by atoms with Crippen LogP contribution in [0.1, 0.15) is 18.5 Å². The van der Waals surface area contributed by atoms with Crippen molar-refractivity contribution in [1.82, 2.24) is 15.1 Å². The summed E-state index contributed by atoms with van der Waals surface area (Å²) in [5.41, 5.74) is 0.229. The van der Waals surface area contributed by atoms with E-state index in [2.05, 4.69) is 10.4 Å². The number of nitrogens with one attached hydrogen (secondary N) is 1. The Morgan fingerprint density at radius 1 is 1.38 bits per heavy atom. The lowest BCUT2D eigenvalue weighted by atomic mass is 9.99. The number of carboxylic acids is 1. The summed E-state index contributed by atoms with van der Waals surface area (Å²) in [6.07, 6.45) is 1.35. The number of benzene rings is 1. The van der Waals surface area contributed by atoms with E-state index in [1.165, 1.54) is 11.7 Å². The van der Waals surface area contributed by atoms with Gasteiger partial charge in [0.1, 0.15) is 6.04 Å². The lowest BCUT2D eigenvalue weighted by Gasteiger charge is -2.18. The van der Waals surface area contributed by atoms with Gasteiger partial charge in [-0.2, -0.15) is 16.9 Å². The van der Waals surface area contributed by atoms with Crippen LogP contribution in [-0.2, 0) is 23.1 Å². The number of hydrogen-bond donors (Lipinski definition) is 2. The summed E-state index contributed by atoms with van der Waals surface area (Å²) >= 11 is 1.81. The van der Waals surface area contributed by atoms with Crippen molar-refractivity contribution in [3.05, 3.63) is 40.3 Å². The van der Waals surface area contributed by atoms with E-state index in [0.717, 1.165) is 17.9 Å². The molecule has 2 N–H and O–H groups in total. The van der Waals surface area contributed by atoms with Crippen molar-refractivity contribution >= 4 is 34.4 Å². The van der Waals surface area contributed by atoms with E-state index in [0.29, 0.717) is 28.8 Å². The minimum absolute atomic E-state index is 0.0716. The zero-order valence-corrected chi connectivity index (χ0v) is 15.3. The van der Waals surface area contributed by atoms with Crippen LogP contribution in [0.2, 0.25) is 0 Å². The van der Waals surface area contributed by atoms with Crippen molar-refractivity contribution in [1.29, 1.82) is 0 Å². The molecule has 0 aliphatic carbocycles. The van der Waals surface area contributed by atoms with Gasteiger partial charge in [0.25, 0.3) is 5.56 Å². The number of aryl methyl sites for hydroxylation is 1. The maximum absolute atomic E-state index is 12.4. The van der Waals surface area contributed by atoms with Crippen molar-refractivity contribution in [2.45, 2.75) is 25.3 Å². The Hall–Kier alpha value is -2.35. The quantitative estimate of drug-likeness (QED) is 0.786. The molecule has 1 aliphatic heterocycles. The maximum atomic E-state index is 12.4. The SMILES string of the molecule is Cn1nc(CC(=O)NC(CC2CCSC2)C(=O)O)c2ccccc2c1=O. The van der Waals surface area contributed by atoms with Crippen LogP contribution >= 0.6 is 11.8 Å². The maximum Gasteiger partial charge on any atom is 0.326 e. The van der Waals surface area contributed by atoms with Gasteiger partial charge in [-0.25, -0.2) is 9.48 Å². The van der Waals surface area contributed by atoms with Crippen molar-refractivity contribution < 1.29 is 14.7 Å². The van der Waals surface area contributed by atoms with E-state index in [4.69, 9.17) is 0 Å². The first kappa shape index (κ1) is 18.4. The molecular formula is C18H21N3O4S. The van der Waals surface area contributed by atoms with Gasteiger partial charge in [0.05, 0.1) is 17.5 Å². The molecule has 2 unspecified atom stereocenters. The Morgan fingerprint density at radius 3 is 2.77 bits per heavy atom. The van der Waals surface area contributed by atoms with Gasteiger partial charge in [-0.15, -0.1) is 0 Å². The largest absolute Gasteiger partial charge is 0.480 e. The fourth-order valence-electron chi connectivity index (χ4n) is 3.23. The summed E-state index contributed by atoms with van der Waals surface area (Å²) in [6, 6.07) is 6.08. The summed E-state index contributed by atoms with van der Waals surface area (Å²) in [6.45, 7) is 0. The van der Waals surface area contributed by atoms with Crippen LogP contribution in [0.3, 0.4) is 0 Å². The summed E-state index contributed by atoms with van der Waals surface area (Å²) in [5, 5.41) is 17.3. The molecule has 26 heavy (non-hydrogen) atoms. The fraction of sp³-hybridized carbons (Fsp3) is 0.444. The van der Waals surface area contributed by atoms with Gasteiger partial charge in [-0.1, -0.05) is 18.2 Å². The monoisotopic (exact) mass is 375 g/mol. The number of hydrogen-bond acceptors (Lipinski definition) is 5. The van der Waals surface area contributed by atoms with Crippen molar-refractivity contribution in [2.24, 2.45) is 13.0 Å². The highest BCUT2D eigenvalue weighted by Gasteiger charge is 2.27. The van der Waals surface area contributed by atoms with Crippen LogP contribution in [-0.4, -0.2) is 44.3 Å². The Labute approximate surface area is 154 Å². The van der Waals surface area contributed by atoms with Gasteiger partial charge in [0, 0.05) is 12.4 Å². The van der Waals surface area contributed by atoms with Gasteiger partial charge in [0.15, 0.2) is 0 Å². The molecule has 1 aromatic carbocycles. The van der Waals surface area contributed by atoms with Crippen LogP contribution in [0.15, 0.2) is 29.1 Å². The molecule has 2 atom stereocenters. The normalized spacial score (nSPS) is 18.0. The molecule has 7 nitrogen and oxygen atoms in total. The number of aromatic nitrogens is 2. The molecule has 1 fully saturated rings. The lowest BCUT2D eigenvalue weighted by molar-refractivity contribution is -0.142. The third kappa shape index (κ3) is 4.07. The second-order valence-electron chi connectivity index (χ2n) is 6.52. The zero-order valence-electron chi connectivity index (χ0n) is 14.5. The van der Waals surface area contributed by atoms with E-state index in [-0.39, 0.29) is 12.0 Å². The molecule has 138 valence electrons. The molecule has 2 heterocycles. The minimum atomic E-state index is -1.02. The molecule has 1 aromatic heterocycles. The van der Waals surface area contributed by atoms with Gasteiger partial charge in [-0.3, -0.25) is 9.59 Å². The third-order valence-electron chi connectivity index (χ3n) is 4.59. The summed E-state index contributed by atoms with van der Waals surface area (Å²) in [7, 11) is 1.54. The number of carbonyl (C=O) groups is 2. The highest BCUT2D eigenvalue weighted by molar-refractivity contribution is 7.99. The molecule has 0 spiro atoms. The minimum Gasteiger partial charge on any atom is -0.480 e. The van der Waals surface area contributed by atoms with Gasteiger partial charge >= 0.3 is 5.97 Å². The van der Waals surface area contributed by atoms with Gasteiger partial charge in [-0.05, 0) is 36.3 Å². The van der Waals surface area contributed by atoms with Crippen molar-refractivity contribution in [2.75, 3.05) is 11.5 Å². The Morgan fingerprint density at radius 2 is 2.12 bits per heavy atom. The first-order valence-corrected chi connectivity index (χ1v) is 9.66.